The molecule has 1 heterocycles. The van der Waals surface area contributed by atoms with Crippen molar-refractivity contribution in [1.29, 1.82) is 0 Å². The minimum absolute atomic E-state index is 0.297. The molecule has 2 rings (SSSR count). The van der Waals surface area contributed by atoms with Crippen LogP contribution in [0.2, 0.25) is 0 Å². The van der Waals surface area contributed by atoms with E-state index in [-0.39, 0.29) is 0 Å². The summed E-state index contributed by atoms with van der Waals surface area (Å²) in [6.07, 6.45) is 0. The van der Waals surface area contributed by atoms with Gasteiger partial charge in [0.1, 0.15) is 18.1 Å². The fraction of sp³-hybridized carbons (Fsp3) is 0.235. The van der Waals surface area contributed by atoms with Gasteiger partial charge in [-0.05, 0) is 19.1 Å². The summed E-state index contributed by atoms with van der Waals surface area (Å²) in [7, 11) is 1.64. The van der Waals surface area contributed by atoms with Crippen molar-refractivity contribution >= 4 is 11.6 Å². The number of ether oxygens (including phenoxy) is 2. The van der Waals surface area contributed by atoms with E-state index in [1.54, 1.807) is 7.11 Å². The highest BCUT2D eigenvalue weighted by Gasteiger charge is 2.04. The summed E-state index contributed by atoms with van der Waals surface area (Å²) in [5, 5.41) is 0. The Kier molecular flexibility index (Phi) is 5.48. The van der Waals surface area contributed by atoms with E-state index in [1.165, 1.54) is 0 Å². The molecule has 1 aromatic carbocycles. The standard InChI is InChI=1S/C17H16ClNO2/c1-13-10-16(20-2)11-15(19-13)12-21-17-8-4-3-6-14(17)7-5-9-18/h3-4,6,8,10-11H,9,12H2,1-2H3. The van der Waals surface area contributed by atoms with Crippen LogP contribution in [0.3, 0.4) is 0 Å². The number of hydrogen-bond acceptors (Lipinski definition) is 3. The van der Waals surface area contributed by atoms with Gasteiger partial charge < -0.3 is 9.47 Å². The quantitative estimate of drug-likeness (QED) is 0.639. The summed E-state index contributed by atoms with van der Waals surface area (Å²) in [5.74, 6) is 7.60. The van der Waals surface area contributed by atoms with Crippen LogP contribution in [0.15, 0.2) is 36.4 Å². The molecule has 4 heteroatoms. The Morgan fingerprint density at radius 2 is 2.05 bits per heavy atom. The van der Waals surface area contributed by atoms with Gasteiger partial charge in [0.15, 0.2) is 0 Å². The molecule has 0 saturated carbocycles. The van der Waals surface area contributed by atoms with Crippen molar-refractivity contribution in [2.24, 2.45) is 0 Å². The van der Waals surface area contributed by atoms with Crippen molar-refractivity contribution in [3.8, 4) is 23.3 Å². The maximum Gasteiger partial charge on any atom is 0.135 e. The molecule has 0 fully saturated rings. The fourth-order valence-electron chi connectivity index (χ4n) is 1.87. The average molecular weight is 302 g/mol. The van der Waals surface area contributed by atoms with E-state index in [1.807, 2.05) is 43.3 Å². The Balaban J connectivity index is 2.15. The van der Waals surface area contributed by atoms with E-state index in [0.717, 1.165) is 28.5 Å². The number of hydrogen-bond donors (Lipinski definition) is 0. The first-order valence-corrected chi connectivity index (χ1v) is 7.04. The molecule has 0 aliphatic carbocycles. The van der Waals surface area contributed by atoms with Gasteiger partial charge in [0.2, 0.25) is 0 Å². The molecular weight excluding hydrogens is 286 g/mol. The minimum atomic E-state index is 0.297. The molecule has 0 aliphatic heterocycles. The second kappa shape index (κ2) is 7.56. The minimum Gasteiger partial charge on any atom is -0.497 e. The van der Waals surface area contributed by atoms with Crippen molar-refractivity contribution in [1.82, 2.24) is 4.98 Å². The van der Waals surface area contributed by atoms with Crippen molar-refractivity contribution in [2.45, 2.75) is 13.5 Å². The normalized spacial score (nSPS) is 9.67. The zero-order valence-corrected chi connectivity index (χ0v) is 12.8. The third kappa shape index (κ3) is 4.40. The molecular formula is C17H16ClNO2. The molecule has 0 N–H and O–H groups in total. The van der Waals surface area contributed by atoms with E-state index < -0.39 is 0 Å². The van der Waals surface area contributed by atoms with Crippen LogP contribution >= 0.6 is 11.6 Å². The molecule has 0 saturated heterocycles. The summed E-state index contributed by atoms with van der Waals surface area (Å²) in [6.45, 7) is 2.28. The lowest BCUT2D eigenvalue weighted by molar-refractivity contribution is 0.299. The predicted octanol–water partition coefficient (Wildman–Crippen LogP) is 3.57. The SMILES string of the molecule is COc1cc(C)nc(COc2ccccc2C#CCCl)c1. The van der Waals surface area contributed by atoms with E-state index in [2.05, 4.69) is 16.8 Å². The highest BCUT2D eigenvalue weighted by molar-refractivity contribution is 6.19. The maximum absolute atomic E-state index is 5.81. The van der Waals surface area contributed by atoms with Gasteiger partial charge in [-0.15, -0.1) is 11.6 Å². The maximum atomic E-state index is 5.81. The van der Waals surface area contributed by atoms with E-state index in [9.17, 15) is 0 Å². The Morgan fingerprint density at radius 3 is 2.81 bits per heavy atom. The third-order valence-corrected chi connectivity index (χ3v) is 2.90. The Morgan fingerprint density at radius 1 is 1.24 bits per heavy atom. The number of aryl methyl sites for hydroxylation is 1. The van der Waals surface area contributed by atoms with Gasteiger partial charge in [0, 0.05) is 17.8 Å². The van der Waals surface area contributed by atoms with Crippen molar-refractivity contribution in [2.75, 3.05) is 13.0 Å². The zero-order valence-electron chi connectivity index (χ0n) is 12.0. The van der Waals surface area contributed by atoms with Crippen molar-refractivity contribution < 1.29 is 9.47 Å². The topological polar surface area (TPSA) is 31.4 Å². The van der Waals surface area contributed by atoms with Crippen LogP contribution in [0, 0.1) is 18.8 Å². The Bertz CT molecular complexity index is 674. The van der Waals surface area contributed by atoms with Crippen LogP contribution in [-0.2, 0) is 6.61 Å². The van der Waals surface area contributed by atoms with Crippen molar-refractivity contribution in [3.63, 3.8) is 0 Å². The van der Waals surface area contributed by atoms with Crippen LogP contribution in [0.5, 0.6) is 11.5 Å². The second-order valence-electron chi connectivity index (χ2n) is 4.36. The first-order chi connectivity index (χ1) is 10.2. The molecule has 3 nitrogen and oxygen atoms in total. The highest BCUT2D eigenvalue weighted by atomic mass is 35.5. The van der Waals surface area contributed by atoms with Crippen LogP contribution in [0.25, 0.3) is 0 Å². The third-order valence-electron chi connectivity index (χ3n) is 2.77. The lowest BCUT2D eigenvalue weighted by Crippen LogP contribution is -2.01. The molecule has 0 radical (unpaired) electrons. The average Bonchev–Trinajstić information content (AvgIpc) is 2.51. The first kappa shape index (κ1) is 15.2. The van der Waals surface area contributed by atoms with Gasteiger partial charge in [-0.1, -0.05) is 24.0 Å². The second-order valence-corrected chi connectivity index (χ2v) is 4.63. The molecule has 0 amide bonds. The number of alkyl halides is 1. The lowest BCUT2D eigenvalue weighted by atomic mass is 10.2. The number of pyridine rings is 1. The molecule has 0 aliphatic rings. The summed E-state index contributed by atoms with van der Waals surface area (Å²) in [5.41, 5.74) is 2.52. The summed E-state index contributed by atoms with van der Waals surface area (Å²) >= 11 is 5.59. The number of aromatic nitrogens is 1. The van der Waals surface area contributed by atoms with Gasteiger partial charge in [0.25, 0.3) is 0 Å². The molecule has 0 spiro atoms. The highest BCUT2D eigenvalue weighted by Crippen LogP contribution is 2.19. The smallest absolute Gasteiger partial charge is 0.135 e. The number of halogens is 1. The number of benzene rings is 1. The fourth-order valence-corrected chi connectivity index (χ4v) is 1.94. The molecule has 2 aromatic rings. The van der Waals surface area contributed by atoms with Crippen LogP contribution in [-0.4, -0.2) is 18.0 Å². The monoisotopic (exact) mass is 301 g/mol. The van der Waals surface area contributed by atoms with Crippen LogP contribution in [0.4, 0.5) is 0 Å². The predicted molar refractivity (Wildman–Crippen MR) is 83.9 cm³/mol. The number of para-hydroxylation sites is 1. The van der Waals surface area contributed by atoms with Crippen LogP contribution < -0.4 is 9.47 Å². The number of rotatable bonds is 4. The molecule has 1 aromatic heterocycles. The first-order valence-electron chi connectivity index (χ1n) is 6.51. The van der Waals surface area contributed by atoms with Gasteiger partial charge in [-0.2, -0.15) is 0 Å². The number of methoxy groups -OCH3 is 1. The van der Waals surface area contributed by atoms with Gasteiger partial charge in [-0.3, -0.25) is 4.98 Å². The largest absolute Gasteiger partial charge is 0.497 e. The van der Waals surface area contributed by atoms with E-state index in [0.29, 0.717) is 12.5 Å². The van der Waals surface area contributed by atoms with Gasteiger partial charge in [-0.25, -0.2) is 0 Å². The van der Waals surface area contributed by atoms with Gasteiger partial charge >= 0.3 is 0 Å². The summed E-state index contributed by atoms with van der Waals surface area (Å²) in [4.78, 5) is 4.43. The molecule has 108 valence electrons. The molecule has 21 heavy (non-hydrogen) atoms. The van der Waals surface area contributed by atoms with Crippen molar-refractivity contribution in [3.05, 3.63) is 53.3 Å². The Labute approximate surface area is 129 Å². The number of nitrogens with zero attached hydrogens (tertiary/aromatic N) is 1. The lowest BCUT2D eigenvalue weighted by Gasteiger charge is -2.09. The van der Waals surface area contributed by atoms with E-state index in [4.69, 9.17) is 21.1 Å². The summed E-state index contributed by atoms with van der Waals surface area (Å²) < 4.78 is 11.0. The van der Waals surface area contributed by atoms with Gasteiger partial charge in [0.05, 0.1) is 24.2 Å². The Hall–Kier alpha value is -2.18. The van der Waals surface area contributed by atoms with Crippen LogP contribution in [0.1, 0.15) is 17.0 Å². The summed E-state index contributed by atoms with van der Waals surface area (Å²) in [6, 6.07) is 11.3. The molecule has 0 bridgehead atoms. The zero-order chi connectivity index (χ0) is 15.1. The van der Waals surface area contributed by atoms with E-state index >= 15 is 0 Å². The molecule has 0 atom stereocenters. The molecule has 0 unspecified atom stereocenters.